The zero-order valence-electron chi connectivity index (χ0n) is 16.7. The van der Waals surface area contributed by atoms with E-state index in [2.05, 4.69) is 10.1 Å². The number of benzene rings is 2. The van der Waals surface area contributed by atoms with Gasteiger partial charge in [-0.1, -0.05) is 23.7 Å². The number of para-hydroxylation sites is 2. The van der Waals surface area contributed by atoms with Gasteiger partial charge in [0, 0.05) is 11.6 Å². The number of aromatic nitrogens is 4. The third-order valence-electron chi connectivity index (χ3n) is 4.71. The van der Waals surface area contributed by atoms with Crippen molar-refractivity contribution in [2.24, 2.45) is 0 Å². The van der Waals surface area contributed by atoms with Crippen molar-refractivity contribution < 1.29 is 22.7 Å². The van der Waals surface area contributed by atoms with E-state index in [0.29, 0.717) is 22.5 Å². The Morgan fingerprint density at radius 2 is 1.91 bits per heavy atom. The normalized spacial score (nSPS) is 11.7. The summed E-state index contributed by atoms with van der Waals surface area (Å²) in [5.41, 5.74) is 2.17. The third-order valence-corrected chi connectivity index (χ3v) is 5.08. The van der Waals surface area contributed by atoms with Crippen LogP contribution in [0.3, 0.4) is 0 Å². The van der Waals surface area contributed by atoms with Gasteiger partial charge in [-0.2, -0.15) is 13.9 Å². The van der Waals surface area contributed by atoms with E-state index in [1.807, 2.05) is 0 Å². The average Bonchev–Trinajstić information content (AvgIpc) is 3.28. The SMILES string of the molecule is Cc1nn(-c2ccc(F)cc2)c(Cl)c1/C=C/C(=O)OCc1nc2ccccc2n1C(F)F. The van der Waals surface area contributed by atoms with E-state index in [4.69, 9.17) is 16.3 Å². The van der Waals surface area contributed by atoms with Crippen molar-refractivity contribution in [1.29, 1.82) is 0 Å². The van der Waals surface area contributed by atoms with Gasteiger partial charge < -0.3 is 4.74 Å². The summed E-state index contributed by atoms with van der Waals surface area (Å²) in [5.74, 6) is -1.22. The molecule has 10 heteroatoms. The van der Waals surface area contributed by atoms with Crippen LogP contribution in [0.15, 0.2) is 54.6 Å². The summed E-state index contributed by atoms with van der Waals surface area (Å²) in [7, 11) is 0. The predicted octanol–water partition coefficient (Wildman–Crippen LogP) is 5.47. The number of imidazole rings is 1. The highest BCUT2D eigenvalue weighted by molar-refractivity contribution is 6.31. The standard InChI is InChI=1S/C22H16ClF3N4O2/c1-13-16(21(23)30(28-13)15-8-6-14(24)7-9-15)10-11-20(31)32-12-19-27-17-4-2-3-5-18(17)29(19)22(25)26/h2-11,22H,12H2,1H3/b11-10+. The first-order chi connectivity index (χ1) is 15.3. The van der Waals surface area contributed by atoms with E-state index < -0.39 is 24.9 Å². The van der Waals surface area contributed by atoms with Crippen LogP contribution in [0, 0.1) is 12.7 Å². The van der Waals surface area contributed by atoms with Gasteiger partial charge in [-0.05, 0) is 49.4 Å². The number of carbonyl (C=O) groups is 1. The lowest BCUT2D eigenvalue weighted by atomic mass is 10.2. The van der Waals surface area contributed by atoms with Crippen molar-refractivity contribution in [3.63, 3.8) is 0 Å². The van der Waals surface area contributed by atoms with Gasteiger partial charge in [-0.3, -0.25) is 4.57 Å². The summed E-state index contributed by atoms with van der Waals surface area (Å²) in [5, 5.41) is 4.52. The Hall–Kier alpha value is -3.59. The van der Waals surface area contributed by atoms with Crippen LogP contribution >= 0.6 is 11.6 Å². The van der Waals surface area contributed by atoms with Crippen molar-refractivity contribution in [2.45, 2.75) is 20.1 Å². The summed E-state index contributed by atoms with van der Waals surface area (Å²) in [4.78, 5) is 16.3. The molecule has 0 amide bonds. The molecule has 2 aromatic carbocycles. The number of rotatable bonds is 6. The second-order valence-electron chi connectivity index (χ2n) is 6.78. The van der Waals surface area contributed by atoms with Crippen LogP contribution in [0.2, 0.25) is 5.15 Å². The van der Waals surface area contributed by atoms with Crippen molar-refractivity contribution in [2.75, 3.05) is 0 Å². The Labute approximate surface area is 185 Å². The van der Waals surface area contributed by atoms with Gasteiger partial charge >= 0.3 is 12.5 Å². The van der Waals surface area contributed by atoms with Gasteiger partial charge in [-0.15, -0.1) is 0 Å². The summed E-state index contributed by atoms with van der Waals surface area (Å²) in [6.45, 7) is -1.56. The molecule has 0 aliphatic carbocycles. The number of carbonyl (C=O) groups excluding carboxylic acids is 1. The number of hydrogen-bond donors (Lipinski definition) is 0. The molecule has 0 aliphatic heterocycles. The second-order valence-corrected chi connectivity index (χ2v) is 7.14. The van der Waals surface area contributed by atoms with Crippen LogP contribution in [0.1, 0.15) is 23.6 Å². The fourth-order valence-electron chi connectivity index (χ4n) is 3.20. The van der Waals surface area contributed by atoms with Gasteiger partial charge in [0.05, 0.1) is 22.4 Å². The smallest absolute Gasteiger partial charge is 0.331 e. The Kier molecular flexibility index (Phi) is 6.00. The second kappa shape index (κ2) is 8.88. The monoisotopic (exact) mass is 460 g/mol. The molecule has 0 saturated carbocycles. The lowest BCUT2D eigenvalue weighted by Crippen LogP contribution is -2.09. The first kappa shape index (κ1) is 21.6. The molecule has 0 atom stereocenters. The largest absolute Gasteiger partial charge is 0.454 e. The third kappa shape index (κ3) is 4.24. The summed E-state index contributed by atoms with van der Waals surface area (Å²) in [6, 6.07) is 12.0. The van der Waals surface area contributed by atoms with Gasteiger partial charge in [0.2, 0.25) is 0 Å². The number of nitrogens with zero attached hydrogens (tertiary/aromatic N) is 4. The quantitative estimate of drug-likeness (QED) is 0.282. The van der Waals surface area contributed by atoms with Gasteiger partial charge in [0.25, 0.3) is 0 Å². The van der Waals surface area contributed by atoms with Crippen molar-refractivity contribution in [1.82, 2.24) is 19.3 Å². The number of ether oxygens (including phenoxy) is 1. The van der Waals surface area contributed by atoms with E-state index in [1.54, 1.807) is 25.1 Å². The highest BCUT2D eigenvalue weighted by Crippen LogP contribution is 2.26. The topological polar surface area (TPSA) is 61.9 Å². The number of aryl methyl sites for hydroxylation is 1. The Morgan fingerprint density at radius 3 is 2.62 bits per heavy atom. The van der Waals surface area contributed by atoms with Crippen LogP contribution in [-0.4, -0.2) is 25.3 Å². The fraction of sp³-hybridized carbons (Fsp3) is 0.136. The summed E-state index contributed by atoms with van der Waals surface area (Å²) >= 11 is 6.37. The molecule has 2 aromatic heterocycles. The van der Waals surface area contributed by atoms with Crippen molar-refractivity contribution in [3.8, 4) is 5.69 Å². The van der Waals surface area contributed by atoms with Crippen LogP contribution in [0.25, 0.3) is 22.8 Å². The number of fused-ring (bicyclic) bond motifs is 1. The van der Waals surface area contributed by atoms with E-state index in [-0.39, 0.29) is 16.5 Å². The van der Waals surface area contributed by atoms with Gasteiger partial charge in [-0.25, -0.2) is 18.9 Å². The molecule has 4 rings (SSSR count). The van der Waals surface area contributed by atoms with E-state index >= 15 is 0 Å². The number of hydrogen-bond acceptors (Lipinski definition) is 4. The molecular weight excluding hydrogens is 445 g/mol. The molecule has 0 bridgehead atoms. The van der Waals surface area contributed by atoms with Crippen LogP contribution in [0.5, 0.6) is 0 Å². The zero-order chi connectivity index (χ0) is 22.8. The van der Waals surface area contributed by atoms with Gasteiger partial charge in [0.15, 0.2) is 5.82 Å². The molecule has 0 spiro atoms. The van der Waals surface area contributed by atoms with Gasteiger partial charge in [0.1, 0.15) is 17.6 Å². The molecule has 0 fully saturated rings. The number of esters is 1. The Bertz CT molecular complexity index is 1310. The lowest BCUT2D eigenvalue weighted by Gasteiger charge is -2.07. The Morgan fingerprint density at radius 1 is 1.19 bits per heavy atom. The summed E-state index contributed by atoms with van der Waals surface area (Å²) < 4.78 is 47.3. The maximum Gasteiger partial charge on any atom is 0.331 e. The van der Waals surface area contributed by atoms with E-state index in [9.17, 15) is 18.0 Å². The molecule has 32 heavy (non-hydrogen) atoms. The molecule has 0 unspecified atom stereocenters. The first-order valence-corrected chi connectivity index (χ1v) is 9.83. The predicted molar refractivity (Wildman–Crippen MR) is 113 cm³/mol. The number of halogens is 4. The maximum atomic E-state index is 13.5. The molecule has 164 valence electrons. The zero-order valence-corrected chi connectivity index (χ0v) is 17.4. The molecule has 6 nitrogen and oxygen atoms in total. The molecular formula is C22H16ClF3N4O2. The molecule has 0 radical (unpaired) electrons. The molecule has 2 heterocycles. The van der Waals surface area contributed by atoms with Crippen LogP contribution in [-0.2, 0) is 16.1 Å². The minimum absolute atomic E-state index is 0.0682. The minimum Gasteiger partial charge on any atom is -0.454 e. The van der Waals surface area contributed by atoms with Crippen molar-refractivity contribution >= 4 is 34.7 Å². The minimum atomic E-state index is -2.83. The average molecular weight is 461 g/mol. The van der Waals surface area contributed by atoms with Crippen LogP contribution in [0.4, 0.5) is 13.2 Å². The maximum absolute atomic E-state index is 13.5. The highest BCUT2D eigenvalue weighted by Gasteiger charge is 2.18. The fourth-order valence-corrected chi connectivity index (χ4v) is 3.54. The highest BCUT2D eigenvalue weighted by atomic mass is 35.5. The van der Waals surface area contributed by atoms with Crippen molar-refractivity contribution in [3.05, 3.63) is 82.7 Å². The Balaban J connectivity index is 1.50. The lowest BCUT2D eigenvalue weighted by molar-refractivity contribution is -0.139. The van der Waals surface area contributed by atoms with E-state index in [0.717, 1.165) is 10.6 Å². The summed E-state index contributed by atoms with van der Waals surface area (Å²) in [6.07, 6.45) is 2.55. The molecule has 0 aliphatic rings. The van der Waals surface area contributed by atoms with E-state index in [1.165, 1.54) is 41.1 Å². The first-order valence-electron chi connectivity index (χ1n) is 9.45. The molecule has 0 N–H and O–H groups in total. The van der Waals surface area contributed by atoms with Crippen LogP contribution < -0.4 is 0 Å². The number of alkyl halides is 2. The molecule has 4 aromatic rings. The molecule has 0 saturated heterocycles.